The number of aryl methyl sites for hydroxylation is 1. The van der Waals surface area contributed by atoms with Gasteiger partial charge in [-0.05, 0) is 18.4 Å². The molecule has 1 rings (SSSR count). The van der Waals surface area contributed by atoms with Gasteiger partial charge in [-0.25, -0.2) is 0 Å². The number of nitrogens with zero attached hydrogens (tertiary/aromatic N) is 2. The molecule has 0 bridgehead atoms. The van der Waals surface area contributed by atoms with E-state index in [1.807, 2.05) is 10.7 Å². The van der Waals surface area contributed by atoms with Crippen molar-refractivity contribution in [3.8, 4) is 0 Å². The summed E-state index contributed by atoms with van der Waals surface area (Å²) >= 11 is 0. The number of hydrogen-bond acceptors (Lipinski definition) is 2. The third kappa shape index (κ3) is 3.18. The van der Waals surface area contributed by atoms with Gasteiger partial charge in [-0.2, -0.15) is 5.10 Å². The average molecular weight is 208 g/mol. The highest BCUT2D eigenvalue weighted by Crippen LogP contribution is 2.12. The third-order valence-electron chi connectivity index (χ3n) is 2.67. The predicted molar refractivity (Wildman–Crippen MR) is 60.9 cm³/mol. The smallest absolute Gasteiger partial charge is 0.181 e. The van der Waals surface area contributed by atoms with Crippen molar-refractivity contribution < 1.29 is 4.79 Å². The fourth-order valence-electron chi connectivity index (χ4n) is 1.52. The summed E-state index contributed by atoms with van der Waals surface area (Å²) in [5, 5.41) is 4.16. The number of carbonyl (C=O) groups is 1. The van der Waals surface area contributed by atoms with Crippen LogP contribution in [-0.4, -0.2) is 15.6 Å². The van der Waals surface area contributed by atoms with Crippen molar-refractivity contribution in [1.29, 1.82) is 0 Å². The number of rotatable bonds is 6. The molecular formula is C12H20N2O. The Morgan fingerprint density at radius 1 is 1.53 bits per heavy atom. The first kappa shape index (κ1) is 12.0. The van der Waals surface area contributed by atoms with Gasteiger partial charge in [0.15, 0.2) is 5.78 Å². The minimum absolute atomic E-state index is 0.218. The Kier molecular flexibility index (Phi) is 4.53. The Morgan fingerprint density at radius 2 is 2.27 bits per heavy atom. The number of ketones is 1. The monoisotopic (exact) mass is 208 g/mol. The van der Waals surface area contributed by atoms with Crippen molar-refractivity contribution in [3.05, 3.63) is 18.0 Å². The topological polar surface area (TPSA) is 34.9 Å². The van der Waals surface area contributed by atoms with E-state index >= 15 is 0 Å². The van der Waals surface area contributed by atoms with Gasteiger partial charge in [-0.1, -0.05) is 27.2 Å². The molecule has 0 radical (unpaired) electrons. The third-order valence-corrected chi connectivity index (χ3v) is 2.67. The van der Waals surface area contributed by atoms with Crippen molar-refractivity contribution in [3.63, 3.8) is 0 Å². The standard InChI is InChI=1S/C12H20N2O/c1-4-8-14-11(6-7-13-14)12(15)9-10(3)5-2/h6-7,10H,4-5,8-9H2,1-3H3. The summed E-state index contributed by atoms with van der Waals surface area (Å²) in [6, 6.07) is 1.82. The molecule has 15 heavy (non-hydrogen) atoms. The van der Waals surface area contributed by atoms with Crippen LogP contribution in [0.25, 0.3) is 0 Å². The fourth-order valence-corrected chi connectivity index (χ4v) is 1.52. The van der Waals surface area contributed by atoms with E-state index in [9.17, 15) is 4.79 Å². The molecule has 1 aromatic heterocycles. The van der Waals surface area contributed by atoms with E-state index in [2.05, 4.69) is 25.9 Å². The summed E-state index contributed by atoms with van der Waals surface area (Å²) in [7, 11) is 0. The lowest BCUT2D eigenvalue weighted by Gasteiger charge is -2.08. The quantitative estimate of drug-likeness (QED) is 0.674. The lowest BCUT2D eigenvalue weighted by molar-refractivity contribution is 0.0953. The maximum Gasteiger partial charge on any atom is 0.181 e. The number of aromatic nitrogens is 2. The van der Waals surface area contributed by atoms with Crippen molar-refractivity contribution in [2.45, 2.75) is 46.6 Å². The molecule has 0 aliphatic carbocycles. The zero-order chi connectivity index (χ0) is 11.3. The highest BCUT2D eigenvalue weighted by Gasteiger charge is 2.13. The predicted octanol–water partition coefficient (Wildman–Crippen LogP) is 2.91. The summed E-state index contributed by atoms with van der Waals surface area (Å²) in [6.45, 7) is 7.14. The summed E-state index contributed by atoms with van der Waals surface area (Å²) in [6.07, 6.45) is 4.39. The second-order valence-electron chi connectivity index (χ2n) is 4.08. The Hall–Kier alpha value is -1.12. The van der Waals surface area contributed by atoms with E-state index in [1.54, 1.807) is 6.20 Å². The van der Waals surface area contributed by atoms with Gasteiger partial charge in [0.2, 0.25) is 0 Å². The van der Waals surface area contributed by atoms with Gasteiger partial charge in [0.05, 0.1) is 0 Å². The van der Waals surface area contributed by atoms with E-state index in [0.717, 1.165) is 25.1 Å². The molecular weight excluding hydrogens is 188 g/mol. The zero-order valence-electron chi connectivity index (χ0n) is 9.86. The van der Waals surface area contributed by atoms with Crippen LogP contribution in [0.4, 0.5) is 0 Å². The second-order valence-corrected chi connectivity index (χ2v) is 4.08. The molecule has 3 nitrogen and oxygen atoms in total. The molecule has 0 amide bonds. The highest BCUT2D eigenvalue weighted by atomic mass is 16.1. The lowest BCUT2D eigenvalue weighted by atomic mass is 10.0. The summed E-state index contributed by atoms with van der Waals surface area (Å²) in [5.74, 6) is 0.678. The molecule has 0 fully saturated rings. The zero-order valence-corrected chi connectivity index (χ0v) is 9.86. The molecule has 1 heterocycles. The molecule has 1 atom stereocenters. The molecule has 0 saturated heterocycles. The highest BCUT2D eigenvalue weighted by molar-refractivity contribution is 5.94. The Morgan fingerprint density at radius 3 is 2.87 bits per heavy atom. The summed E-state index contributed by atoms with van der Waals surface area (Å²) in [4.78, 5) is 11.9. The lowest BCUT2D eigenvalue weighted by Crippen LogP contribution is -2.12. The van der Waals surface area contributed by atoms with Gasteiger partial charge in [0.1, 0.15) is 5.69 Å². The van der Waals surface area contributed by atoms with Crippen LogP contribution >= 0.6 is 0 Å². The van der Waals surface area contributed by atoms with Crippen molar-refractivity contribution in [2.75, 3.05) is 0 Å². The molecule has 84 valence electrons. The molecule has 1 aromatic rings. The molecule has 0 aromatic carbocycles. The van der Waals surface area contributed by atoms with E-state index < -0.39 is 0 Å². The number of Topliss-reactive ketones (excluding diaryl/α,β-unsaturated/α-hetero) is 1. The minimum Gasteiger partial charge on any atom is -0.292 e. The largest absolute Gasteiger partial charge is 0.292 e. The molecule has 0 saturated carbocycles. The van der Waals surface area contributed by atoms with Crippen LogP contribution in [0.1, 0.15) is 50.5 Å². The Bertz CT molecular complexity index is 317. The molecule has 0 aliphatic heterocycles. The van der Waals surface area contributed by atoms with Crippen LogP contribution in [0.5, 0.6) is 0 Å². The first-order valence-electron chi connectivity index (χ1n) is 5.74. The Labute approximate surface area is 91.5 Å². The van der Waals surface area contributed by atoms with E-state index in [4.69, 9.17) is 0 Å². The SMILES string of the molecule is CCCn1nccc1C(=O)CC(C)CC. The van der Waals surface area contributed by atoms with E-state index in [-0.39, 0.29) is 5.78 Å². The first-order chi connectivity index (χ1) is 7.19. The van der Waals surface area contributed by atoms with Gasteiger partial charge >= 0.3 is 0 Å². The van der Waals surface area contributed by atoms with Crippen molar-refractivity contribution in [1.82, 2.24) is 9.78 Å². The summed E-state index contributed by atoms with van der Waals surface area (Å²) < 4.78 is 1.81. The maximum atomic E-state index is 11.9. The van der Waals surface area contributed by atoms with Gasteiger partial charge in [0.25, 0.3) is 0 Å². The first-order valence-corrected chi connectivity index (χ1v) is 5.74. The van der Waals surface area contributed by atoms with Crippen LogP contribution in [0.3, 0.4) is 0 Å². The van der Waals surface area contributed by atoms with Gasteiger partial charge in [-0.3, -0.25) is 9.48 Å². The number of carbonyl (C=O) groups excluding carboxylic acids is 1. The molecule has 1 unspecified atom stereocenters. The van der Waals surface area contributed by atoms with Gasteiger partial charge in [0, 0.05) is 19.2 Å². The van der Waals surface area contributed by atoms with E-state index in [0.29, 0.717) is 12.3 Å². The van der Waals surface area contributed by atoms with Gasteiger partial charge < -0.3 is 0 Å². The van der Waals surface area contributed by atoms with Crippen LogP contribution in [0.2, 0.25) is 0 Å². The van der Waals surface area contributed by atoms with Crippen LogP contribution in [0, 0.1) is 5.92 Å². The summed E-state index contributed by atoms with van der Waals surface area (Å²) in [5.41, 5.74) is 0.761. The molecule has 0 aliphatic rings. The van der Waals surface area contributed by atoms with Gasteiger partial charge in [-0.15, -0.1) is 0 Å². The van der Waals surface area contributed by atoms with Crippen molar-refractivity contribution in [2.24, 2.45) is 5.92 Å². The second kappa shape index (κ2) is 5.69. The minimum atomic E-state index is 0.218. The molecule has 0 spiro atoms. The van der Waals surface area contributed by atoms with Crippen LogP contribution in [-0.2, 0) is 6.54 Å². The normalized spacial score (nSPS) is 12.7. The maximum absolute atomic E-state index is 11.9. The average Bonchev–Trinajstić information content (AvgIpc) is 2.66. The Balaban J connectivity index is 2.68. The van der Waals surface area contributed by atoms with Crippen LogP contribution in [0.15, 0.2) is 12.3 Å². The van der Waals surface area contributed by atoms with Crippen LogP contribution < -0.4 is 0 Å². The van der Waals surface area contributed by atoms with Crippen molar-refractivity contribution >= 4 is 5.78 Å². The molecule has 3 heteroatoms. The fraction of sp³-hybridized carbons (Fsp3) is 0.667. The molecule has 0 N–H and O–H groups in total. The van der Waals surface area contributed by atoms with E-state index in [1.165, 1.54) is 0 Å². The number of hydrogen-bond donors (Lipinski definition) is 0.